The van der Waals surface area contributed by atoms with E-state index in [1.165, 1.54) is 0 Å². The minimum Gasteiger partial charge on any atom is -0.440 e. The summed E-state index contributed by atoms with van der Waals surface area (Å²) in [4.78, 5) is 17.4. The van der Waals surface area contributed by atoms with Gasteiger partial charge < -0.3 is 14.8 Å². The Morgan fingerprint density at radius 1 is 1.55 bits per heavy atom. The van der Waals surface area contributed by atoms with Gasteiger partial charge >= 0.3 is 0 Å². The van der Waals surface area contributed by atoms with Crippen LogP contribution in [0.3, 0.4) is 0 Å². The first kappa shape index (κ1) is 15.2. The lowest BCUT2D eigenvalue weighted by atomic mass is 10.1. The quantitative estimate of drug-likeness (QED) is 0.887. The number of carbonyl (C=O) groups excluding carboxylic acids is 1. The first-order valence-electron chi connectivity index (χ1n) is 7.58. The van der Waals surface area contributed by atoms with Crippen molar-refractivity contribution in [1.29, 1.82) is 0 Å². The molecular weight excluding hydrogens is 300 g/mol. The number of aliphatic hydroxyl groups excluding tert-OH is 1. The first-order chi connectivity index (χ1) is 10.6. The van der Waals surface area contributed by atoms with E-state index in [4.69, 9.17) is 4.42 Å². The number of thiophene rings is 1. The average molecular weight is 320 g/mol. The Morgan fingerprint density at radius 2 is 2.41 bits per heavy atom. The summed E-state index contributed by atoms with van der Waals surface area (Å²) in [5, 5.41) is 14.6. The van der Waals surface area contributed by atoms with Crippen molar-refractivity contribution in [3.05, 3.63) is 29.0 Å². The third-order valence-corrected chi connectivity index (χ3v) is 4.99. The molecule has 2 heterocycles. The number of aliphatic hydroxyl groups is 1. The molecule has 0 aliphatic heterocycles. The number of hydrogen-bond donors (Lipinski definition) is 2. The average Bonchev–Trinajstić information content (AvgIpc) is 3.19. The second-order valence-electron chi connectivity index (χ2n) is 5.74. The number of aryl methyl sites for hydroxylation is 1. The maximum atomic E-state index is 12.1. The van der Waals surface area contributed by atoms with Crippen LogP contribution < -0.4 is 5.32 Å². The molecule has 2 N–H and O–H groups in total. The Kier molecular flexibility index (Phi) is 4.59. The highest BCUT2D eigenvalue weighted by Gasteiger charge is 2.25. The fraction of sp³-hybridized carbons (Fsp3) is 0.500. The zero-order valence-corrected chi connectivity index (χ0v) is 13.4. The lowest BCUT2D eigenvalue weighted by Crippen LogP contribution is -2.33. The molecular formula is C16H20N2O3S. The van der Waals surface area contributed by atoms with Gasteiger partial charge in [-0.25, -0.2) is 4.98 Å². The molecule has 2 aromatic rings. The zero-order chi connectivity index (χ0) is 15.5. The van der Waals surface area contributed by atoms with Gasteiger partial charge in [0.05, 0.1) is 23.1 Å². The van der Waals surface area contributed by atoms with Crippen LogP contribution in [-0.4, -0.2) is 28.6 Å². The summed E-state index contributed by atoms with van der Waals surface area (Å²) in [5.74, 6) is 1.36. The maximum Gasteiger partial charge on any atom is 0.236 e. The summed E-state index contributed by atoms with van der Waals surface area (Å²) in [6, 6.07) is 3.89. The summed E-state index contributed by atoms with van der Waals surface area (Å²) in [5.41, 5.74) is 0.674. The third-order valence-electron chi connectivity index (χ3n) is 4.13. The molecule has 1 fully saturated rings. The van der Waals surface area contributed by atoms with Crippen molar-refractivity contribution in [1.82, 2.24) is 10.3 Å². The number of hydrogen-bond acceptors (Lipinski definition) is 5. The highest BCUT2D eigenvalue weighted by atomic mass is 32.1. The highest BCUT2D eigenvalue weighted by molar-refractivity contribution is 7.13. The lowest BCUT2D eigenvalue weighted by molar-refractivity contribution is -0.120. The van der Waals surface area contributed by atoms with Crippen LogP contribution in [0.1, 0.15) is 30.7 Å². The first-order valence-corrected chi connectivity index (χ1v) is 8.46. The molecule has 2 atom stereocenters. The van der Waals surface area contributed by atoms with Gasteiger partial charge in [0.1, 0.15) is 5.76 Å². The number of amides is 1. The van der Waals surface area contributed by atoms with Crippen molar-refractivity contribution in [3.63, 3.8) is 0 Å². The lowest BCUT2D eigenvalue weighted by Gasteiger charge is -2.14. The summed E-state index contributed by atoms with van der Waals surface area (Å²) >= 11 is 1.56. The van der Waals surface area contributed by atoms with Gasteiger partial charge in [-0.1, -0.05) is 12.5 Å². The van der Waals surface area contributed by atoms with Gasteiger partial charge in [0.2, 0.25) is 11.8 Å². The van der Waals surface area contributed by atoms with Crippen molar-refractivity contribution in [2.45, 2.75) is 38.7 Å². The van der Waals surface area contributed by atoms with E-state index < -0.39 is 0 Å². The van der Waals surface area contributed by atoms with Crippen molar-refractivity contribution < 1.29 is 14.3 Å². The van der Waals surface area contributed by atoms with Crippen LogP contribution in [0.25, 0.3) is 10.8 Å². The number of rotatable bonds is 5. The van der Waals surface area contributed by atoms with E-state index >= 15 is 0 Å². The molecule has 0 radical (unpaired) electrons. The number of nitrogens with one attached hydrogen (secondary N) is 1. The minimum absolute atomic E-state index is 0.0757. The molecule has 0 aromatic carbocycles. The fourth-order valence-corrected chi connectivity index (χ4v) is 3.46. The Labute approximate surface area is 133 Å². The molecule has 0 bridgehead atoms. The van der Waals surface area contributed by atoms with Gasteiger partial charge in [-0.05, 0) is 31.2 Å². The Bertz CT molecular complexity index is 636. The molecule has 1 amide bonds. The number of carbonyl (C=O) groups is 1. The summed E-state index contributed by atoms with van der Waals surface area (Å²) in [6.45, 7) is 2.36. The summed E-state index contributed by atoms with van der Waals surface area (Å²) in [6.07, 6.45) is 2.79. The largest absolute Gasteiger partial charge is 0.440 e. The van der Waals surface area contributed by atoms with E-state index in [0.717, 1.165) is 24.1 Å². The SMILES string of the molecule is Cc1oc(-c2cccs2)nc1CC(=O)NCC1CCCC1O. The molecule has 1 saturated carbocycles. The molecule has 2 unspecified atom stereocenters. The van der Waals surface area contributed by atoms with Gasteiger partial charge in [0.15, 0.2) is 0 Å². The van der Waals surface area contributed by atoms with Crippen molar-refractivity contribution >= 4 is 17.2 Å². The van der Waals surface area contributed by atoms with Crippen molar-refractivity contribution in [2.75, 3.05) is 6.54 Å². The second kappa shape index (κ2) is 6.62. The molecule has 0 spiro atoms. The van der Waals surface area contributed by atoms with E-state index in [9.17, 15) is 9.90 Å². The van der Waals surface area contributed by atoms with E-state index in [0.29, 0.717) is 23.9 Å². The van der Waals surface area contributed by atoms with Gasteiger partial charge in [-0.3, -0.25) is 4.79 Å². The monoisotopic (exact) mass is 320 g/mol. The number of aromatic nitrogens is 1. The predicted octanol–water partition coefficient (Wildman–Crippen LogP) is 2.53. The molecule has 118 valence electrons. The van der Waals surface area contributed by atoms with Gasteiger partial charge in [0, 0.05) is 12.5 Å². The topological polar surface area (TPSA) is 75.4 Å². The maximum absolute atomic E-state index is 12.1. The summed E-state index contributed by atoms with van der Waals surface area (Å²) < 4.78 is 5.63. The molecule has 6 heteroatoms. The van der Waals surface area contributed by atoms with Crippen LogP contribution in [0, 0.1) is 12.8 Å². The van der Waals surface area contributed by atoms with Gasteiger partial charge in [-0.15, -0.1) is 11.3 Å². The Hall–Kier alpha value is -1.66. The summed E-state index contributed by atoms with van der Waals surface area (Å²) in [7, 11) is 0. The molecule has 3 rings (SSSR count). The standard InChI is InChI=1S/C16H20N2O3S/c1-10-12(18-16(21-10)14-6-3-7-22-14)8-15(20)17-9-11-4-2-5-13(11)19/h3,6-7,11,13,19H,2,4-5,8-9H2,1H3,(H,17,20). The third kappa shape index (κ3) is 3.39. The molecule has 1 aliphatic rings. The van der Waals surface area contributed by atoms with Crippen molar-refractivity contribution in [3.8, 4) is 10.8 Å². The molecule has 2 aromatic heterocycles. The Morgan fingerprint density at radius 3 is 3.09 bits per heavy atom. The Balaban J connectivity index is 1.57. The normalized spacial score (nSPS) is 21.2. The van der Waals surface area contributed by atoms with Crippen molar-refractivity contribution in [2.24, 2.45) is 5.92 Å². The minimum atomic E-state index is -0.278. The number of oxazole rings is 1. The van der Waals surface area contributed by atoms with Gasteiger partial charge in [-0.2, -0.15) is 0 Å². The number of nitrogens with zero attached hydrogens (tertiary/aromatic N) is 1. The van der Waals surface area contributed by atoms with E-state index in [1.807, 2.05) is 24.4 Å². The molecule has 0 saturated heterocycles. The predicted molar refractivity (Wildman–Crippen MR) is 84.6 cm³/mol. The molecule has 1 aliphatic carbocycles. The van der Waals surface area contributed by atoms with Crippen LogP contribution in [0.4, 0.5) is 0 Å². The van der Waals surface area contributed by atoms with E-state index in [2.05, 4.69) is 10.3 Å². The van der Waals surface area contributed by atoms with E-state index in [1.54, 1.807) is 11.3 Å². The van der Waals surface area contributed by atoms with Crippen LogP contribution in [0.15, 0.2) is 21.9 Å². The van der Waals surface area contributed by atoms with E-state index in [-0.39, 0.29) is 24.3 Å². The zero-order valence-electron chi connectivity index (χ0n) is 12.5. The smallest absolute Gasteiger partial charge is 0.236 e. The second-order valence-corrected chi connectivity index (χ2v) is 6.69. The fourth-order valence-electron chi connectivity index (χ4n) is 2.81. The molecule has 5 nitrogen and oxygen atoms in total. The van der Waals surface area contributed by atoms with Crippen LogP contribution in [0.5, 0.6) is 0 Å². The molecule has 22 heavy (non-hydrogen) atoms. The highest BCUT2D eigenvalue weighted by Crippen LogP contribution is 2.26. The van der Waals surface area contributed by atoms with Gasteiger partial charge in [0.25, 0.3) is 0 Å². The van der Waals surface area contributed by atoms with Crippen LogP contribution in [-0.2, 0) is 11.2 Å². The van der Waals surface area contributed by atoms with Crippen LogP contribution >= 0.6 is 11.3 Å². The van der Waals surface area contributed by atoms with Crippen LogP contribution in [0.2, 0.25) is 0 Å².